The van der Waals surface area contributed by atoms with E-state index in [1.807, 2.05) is 6.92 Å². The minimum Gasteiger partial charge on any atom is -0.478 e. The smallest absolute Gasteiger partial charge is 0.328 e. The van der Waals surface area contributed by atoms with E-state index in [4.69, 9.17) is 5.11 Å². The fraction of sp³-hybridized carbons (Fsp3) is 0.727. The highest BCUT2D eigenvalue weighted by atomic mass is 16.4. The van der Waals surface area contributed by atoms with Gasteiger partial charge in [0.1, 0.15) is 0 Å². The van der Waals surface area contributed by atoms with E-state index < -0.39 is 5.97 Å². The van der Waals surface area contributed by atoms with Crippen molar-refractivity contribution in [3.63, 3.8) is 0 Å². The molecular weight excluding hydrogens is 164 g/mol. The van der Waals surface area contributed by atoms with Crippen molar-refractivity contribution in [1.82, 2.24) is 0 Å². The summed E-state index contributed by atoms with van der Waals surface area (Å²) >= 11 is 0. The van der Waals surface area contributed by atoms with Crippen molar-refractivity contribution in [2.24, 2.45) is 5.92 Å². The van der Waals surface area contributed by atoms with E-state index in [0.717, 1.165) is 12.0 Å². The van der Waals surface area contributed by atoms with Gasteiger partial charge in [-0.3, -0.25) is 0 Å². The zero-order chi connectivity index (χ0) is 9.68. The zero-order valence-corrected chi connectivity index (χ0v) is 8.25. The molecule has 1 aliphatic rings. The maximum atomic E-state index is 10.5. The van der Waals surface area contributed by atoms with Crippen LogP contribution in [0.25, 0.3) is 0 Å². The molecular formula is C11H18O2. The summed E-state index contributed by atoms with van der Waals surface area (Å²) in [5.41, 5.74) is 1.13. The first-order valence-electron chi connectivity index (χ1n) is 5.17. The Morgan fingerprint density at radius 2 is 2.00 bits per heavy atom. The molecule has 1 aliphatic carbocycles. The van der Waals surface area contributed by atoms with Crippen molar-refractivity contribution < 1.29 is 9.90 Å². The van der Waals surface area contributed by atoms with E-state index >= 15 is 0 Å². The van der Waals surface area contributed by atoms with Crippen LogP contribution in [0.2, 0.25) is 0 Å². The molecule has 0 heterocycles. The SMILES string of the molecule is CCC(=CC(=O)O)C1CCCCC1. The third-order valence-electron chi connectivity index (χ3n) is 2.85. The third-order valence-corrected chi connectivity index (χ3v) is 2.85. The van der Waals surface area contributed by atoms with Gasteiger partial charge >= 0.3 is 5.97 Å². The number of rotatable bonds is 3. The summed E-state index contributed by atoms with van der Waals surface area (Å²) in [5, 5.41) is 8.67. The summed E-state index contributed by atoms with van der Waals surface area (Å²) in [6.45, 7) is 2.05. The van der Waals surface area contributed by atoms with Crippen LogP contribution in [0.5, 0.6) is 0 Å². The normalized spacial score (nSPS) is 20.2. The lowest BCUT2D eigenvalue weighted by Crippen LogP contribution is -2.10. The van der Waals surface area contributed by atoms with Crippen LogP contribution in [0.3, 0.4) is 0 Å². The maximum Gasteiger partial charge on any atom is 0.328 e. The Bertz CT molecular complexity index is 200. The predicted octanol–water partition coefficient (Wildman–Crippen LogP) is 2.99. The fourth-order valence-corrected chi connectivity index (χ4v) is 2.14. The lowest BCUT2D eigenvalue weighted by atomic mass is 9.82. The third kappa shape index (κ3) is 3.21. The van der Waals surface area contributed by atoms with E-state index in [9.17, 15) is 4.79 Å². The number of carboxylic acids is 1. The lowest BCUT2D eigenvalue weighted by molar-refractivity contribution is -0.131. The Hall–Kier alpha value is -0.790. The van der Waals surface area contributed by atoms with Gasteiger partial charge in [0.05, 0.1) is 0 Å². The van der Waals surface area contributed by atoms with Crippen LogP contribution in [-0.2, 0) is 4.79 Å². The zero-order valence-electron chi connectivity index (χ0n) is 8.25. The second kappa shape index (κ2) is 5.05. The molecule has 2 heteroatoms. The van der Waals surface area contributed by atoms with Crippen LogP contribution in [0, 0.1) is 5.92 Å². The molecule has 0 radical (unpaired) electrons. The molecule has 2 nitrogen and oxygen atoms in total. The highest BCUT2D eigenvalue weighted by molar-refractivity contribution is 5.80. The molecule has 0 atom stereocenters. The topological polar surface area (TPSA) is 37.3 Å². The number of hydrogen-bond donors (Lipinski definition) is 1. The van der Waals surface area contributed by atoms with Crippen LogP contribution < -0.4 is 0 Å². The molecule has 0 saturated heterocycles. The monoisotopic (exact) mass is 182 g/mol. The second-order valence-electron chi connectivity index (χ2n) is 3.75. The van der Waals surface area contributed by atoms with Crippen molar-refractivity contribution in [3.05, 3.63) is 11.6 Å². The Morgan fingerprint density at radius 3 is 2.46 bits per heavy atom. The van der Waals surface area contributed by atoms with Crippen LogP contribution in [0.1, 0.15) is 45.4 Å². The molecule has 1 fully saturated rings. The molecule has 0 spiro atoms. The van der Waals surface area contributed by atoms with E-state index in [1.165, 1.54) is 38.2 Å². The van der Waals surface area contributed by atoms with Gasteiger partial charge in [-0.15, -0.1) is 0 Å². The number of carboxylic acid groups (broad SMARTS) is 1. The molecule has 0 aromatic carbocycles. The van der Waals surface area contributed by atoms with Gasteiger partial charge in [-0.25, -0.2) is 4.79 Å². The molecule has 1 rings (SSSR count). The van der Waals surface area contributed by atoms with E-state index in [0.29, 0.717) is 5.92 Å². The van der Waals surface area contributed by atoms with Gasteiger partial charge in [0.25, 0.3) is 0 Å². The van der Waals surface area contributed by atoms with Gasteiger partial charge < -0.3 is 5.11 Å². The Labute approximate surface area is 79.6 Å². The molecule has 0 bridgehead atoms. The van der Waals surface area contributed by atoms with Gasteiger partial charge in [-0.1, -0.05) is 31.8 Å². The van der Waals surface area contributed by atoms with Gasteiger partial charge in [0.2, 0.25) is 0 Å². The van der Waals surface area contributed by atoms with Crippen molar-refractivity contribution in [3.8, 4) is 0 Å². The van der Waals surface area contributed by atoms with Gasteiger partial charge in [0.15, 0.2) is 0 Å². The summed E-state index contributed by atoms with van der Waals surface area (Å²) in [4.78, 5) is 10.5. The first-order valence-corrected chi connectivity index (χ1v) is 5.17. The van der Waals surface area contributed by atoms with Crippen molar-refractivity contribution in [2.75, 3.05) is 0 Å². The first-order chi connectivity index (χ1) is 6.24. The van der Waals surface area contributed by atoms with Gasteiger partial charge in [-0.2, -0.15) is 0 Å². The van der Waals surface area contributed by atoms with Crippen LogP contribution >= 0.6 is 0 Å². The molecule has 74 valence electrons. The highest BCUT2D eigenvalue weighted by Gasteiger charge is 2.17. The van der Waals surface area contributed by atoms with Crippen LogP contribution in [-0.4, -0.2) is 11.1 Å². The Kier molecular flexibility index (Phi) is 4.00. The van der Waals surface area contributed by atoms with E-state index in [1.54, 1.807) is 0 Å². The first kappa shape index (κ1) is 10.3. The molecule has 0 aromatic heterocycles. The van der Waals surface area contributed by atoms with Crippen LogP contribution in [0.4, 0.5) is 0 Å². The molecule has 0 aromatic rings. The van der Waals surface area contributed by atoms with Crippen molar-refractivity contribution in [1.29, 1.82) is 0 Å². The molecule has 0 unspecified atom stereocenters. The molecule has 0 amide bonds. The Morgan fingerprint density at radius 1 is 1.38 bits per heavy atom. The summed E-state index contributed by atoms with van der Waals surface area (Å²) in [6.07, 6.45) is 8.52. The van der Waals surface area contributed by atoms with Crippen LogP contribution in [0.15, 0.2) is 11.6 Å². The lowest BCUT2D eigenvalue weighted by Gasteiger charge is -2.23. The molecule has 13 heavy (non-hydrogen) atoms. The second-order valence-corrected chi connectivity index (χ2v) is 3.75. The summed E-state index contributed by atoms with van der Waals surface area (Å²) in [7, 11) is 0. The largest absolute Gasteiger partial charge is 0.478 e. The summed E-state index contributed by atoms with van der Waals surface area (Å²) in [6, 6.07) is 0. The quantitative estimate of drug-likeness (QED) is 0.681. The average Bonchev–Trinajstić information content (AvgIpc) is 2.15. The number of carbonyl (C=O) groups is 1. The number of allylic oxidation sites excluding steroid dienone is 1. The maximum absolute atomic E-state index is 10.5. The highest BCUT2D eigenvalue weighted by Crippen LogP contribution is 2.30. The van der Waals surface area contributed by atoms with E-state index in [-0.39, 0.29) is 0 Å². The number of aliphatic carboxylic acids is 1. The summed E-state index contributed by atoms with van der Waals surface area (Å²) in [5.74, 6) is -0.239. The minimum absolute atomic E-state index is 0.551. The molecule has 0 aliphatic heterocycles. The minimum atomic E-state index is -0.789. The van der Waals surface area contributed by atoms with Gasteiger partial charge in [-0.05, 0) is 25.2 Å². The predicted molar refractivity (Wildman–Crippen MR) is 52.6 cm³/mol. The Balaban J connectivity index is 2.58. The van der Waals surface area contributed by atoms with Gasteiger partial charge in [0, 0.05) is 6.08 Å². The van der Waals surface area contributed by atoms with E-state index in [2.05, 4.69) is 0 Å². The van der Waals surface area contributed by atoms with Crippen molar-refractivity contribution >= 4 is 5.97 Å². The fourth-order valence-electron chi connectivity index (χ4n) is 2.14. The molecule has 1 saturated carbocycles. The summed E-state index contributed by atoms with van der Waals surface area (Å²) < 4.78 is 0. The molecule has 1 N–H and O–H groups in total. The van der Waals surface area contributed by atoms with Crippen molar-refractivity contribution in [2.45, 2.75) is 45.4 Å². The average molecular weight is 182 g/mol. The standard InChI is InChI=1S/C11H18O2/c1-2-9(8-11(12)13)10-6-4-3-5-7-10/h8,10H,2-7H2,1H3,(H,12,13). The number of hydrogen-bond acceptors (Lipinski definition) is 1.